The lowest BCUT2D eigenvalue weighted by molar-refractivity contribution is 0.0680. The molecule has 7 heteroatoms. The molecular formula is C10H23N3O3S. The summed E-state index contributed by atoms with van der Waals surface area (Å²) in [5.74, 6) is 0. The zero-order valence-corrected chi connectivity index (χ0v) is 11.7. The Labute approximate surface area is 104 Å². The molecule has 0 saturated carbocycles. The van der Waals surface area contributed by atoms with Crippen LogP contribution in [-0.2, 0) is 14.9 Å². The van der Waals surface area contributed by atoms with Gasteiger partial charge in [0.1, 0.15) is 0 Å². The second-order valence-corrected chi connectivity index (χ2v) is 6.50. The van der Waals surface area contributed by atoms with Crippen molar-refractivity contribution in [2.75, 3.05) is 39.9 Å². The number of hydrogen-bond donors (Lipinski definition) is 1. The molecule has 1 rings (SSSR count). The Bertz CT molecular complexity index is 335. The standard InChI is InChI=1S/C10H23N3O3S/c1-4-10(2,9-11)12(3)17(14,15)13-5-7-16-8-6-13/h4-9,11H2,1-3H3. The van der Waals surface area contributed by atoms with E-state index < -0.39 is 15.7 Å². The van der Waals surface area contributed by atoms with Crippen molar-refractivity contribution in [1.82, 2.24) is 8.61 Å². The topological polar surface area (TPSA) is 75.9 Å². The van der Waals surface area contributed by atoms with Gasteiger partial charge in [-0.15, -0.1) is 0 Å². The molecule has 0 aromatic carbocycles. The van der Waals surface area contributed by atoms with Crippen LogP contribution in [0.5, 0.6) is 0 Å². The number of nitrogens with zero attached hydrogens (tertiary/aromatic N) is 2. The minimum absolute atomic E-state index is 0.309. The van der Waals surface area contributed by atoms with Crippen molar-refractivity contribution in [3.8, 4) is 0 Å². The highest BCUT2D eigenvalue weighted by atomic mass is 32.2. The second-order valence-electron chi connectivity index (χ2n) is 4.54. The van der Waals surface area contributed by atoms with Crippen molar-refractivity contribution >= 4 is 10.2 Å². The van der Waals surface area contributed by atoms with Gasteiger partial charge in [0.25, 0.3) is 10.2 Å². The van der Waals surface area contributed by atoms with Crippen molar-refractivity contribution < 1.29 is 13.2 Å². The second kappa shape index (κ2) is 5.62. The molecule has 17 heavy (non-hydrogen) atoms. The van der Waals surface area contributed by atoms with E-state index in [1.165, 1.54) is 8.61 Å². The van der Waals surface area contributed by atoms with Gasteiger partial charge in [-0.25, -0.2) is 0 Å². The molecule has 0 aromatic rings. The normalized spacial score (nSPS) is 22.6. The van der Waals surface area contributed by atoms with Crippen LogP contribution in [-0.4, -0.2) is 62.5 Å². The van der Waals surface area contributed by atoms with Crippen molar-refractivity contribution in [3.63, 3.8) is 0 Å². The Morgan fingerprint density at radius 1 is 1.41 bits per heavy atom. The number of morpholine rings is 1. The summed E-state index contributed by atoms with van der Waals surface area (Å²) in [5.41, 5.74) is 5.16. The third kappa shape index (κ3) is 2.97. The van der Waals surface area contributed by atoms with Gasteiger partial charge in [-0.2, -0.15) is 17.0 Å². The van der Waals surface area contributed by atoms with Crippen LogP contribution in [0.25, 0.3) is 0 Å². The molecule has 1 unspecified atom stereocenters. The highest BCUT2D eigenvalue weighted by Crippen LogP contribution is 2.22. The van der Waals surface area contributed by atoms with Crippen LogP contribution in [0, 0.1) is 0 Å². The molecule has 1 heterocycles. The van der Waals surface area contributed by atoms with E-state index in [2.05, 4.69) is 0 Å². The maximum atomic E-state index is 12.4. The first kappa shape index (κ1) is 14.8. The van der Waals surface area contributed by atoms with Crippen molar-refractivity contribution in [2.45, 2.75) is 25.8 Å². The molecule has 0 spiro atoms. The van der Waals surface area contributed by atoms with Gasteiger partial charge >= 0.3 is 0 Å². The Morgan fingerprint density at radius 2 is 1.94 bits per heavy atom. The molecule has 0 bridgehead atoms. The smallest absolute Gasteiger partial charge is 0.282 e. The summed E-state index contributed by atoms with van der Waals surface area (Å²) in [6, 6.07) is 0. The quantitative estimate of drug-likeness (QED) is 0.735. The van der Waals surface area contributed by atoms with E-state index in [-0.39, 0.29) is 0 Å². The molecule has 1 saturated heterocycles. The van der Waals surface area contributed by atoms with Gasteiger partial charge < -0.3 is 10.5 Å². The van der Waals surface area contributed by atoms with Gasteiger partial charge in [-0.1, -0.05) is 6.92 Å². The van der Waals surface area contributed by atoms with Crippen molar-refractivity contribution in [1.29, 1.82) is 0 Å². The first-order valence-corrected chi connectivity index (χ1v) is 7.30. The summed E-state index contributed by atoms with van der Waals surface area (Å²) in [4.78, 5) is 0. The molecular weight excluding hydrogens is 242 g/mol. The Kier molecular flexibility index (Phi) is 4.91. The van der Waals surface area contributed by atoms with E-state index >= 15 is 0 Å². The highest BCUT2D eigenvalue weighted by molar-refractivity contribution is 7.86. The lowest BCUT2D eigenvalue weighted by Crippen LogP contribution is -2.57. The van der Waals surface area contributed by atoms with Gasteiger partial charge in [0.15, 0.2) is 0 Å². The predicted octanol–water partition coefficient (Wildman–Crippen LogP) is -0.377. The summed E-state index contributed by atoms with van der Waals surface area (Å²) in [5, 5.41) is 0. The maximum Gasteiger partial charge on any atom is 0.282 e. The molecule has 1 atom stereocenters. The lowest BCUT2D eigenvalue weighted by atomic mass is 10.00. The fourth-order valence-electron chi connectivity index (χ4n) is 1.72. The first-order chi connectivity index (χ1) is 7.88. The highest BCUT2D eigenvalue weighted by Gasteiger charge is 2.38. The van der Waals surface area contributed by atoms with Crippen LogP contribution in [0.3, 0.4) is 0 Å². The average molecular weight is 265 g/mol. The molecule has 1 fully saturated rings. The van der Waals surface area contributed by atoms with Crippen LogP contribution in [0.1, 0.15) is 20.3 Å². The largest absolute Gasteiger partial charge is 0.379 e. The van der Waals surface area contributed by atoms with E-state index in [9.17, 15) is 8.42 Å². The number of likely N-dealkylation sites (N-methyl/N-ethyl adjacent to an activating group) is 1. The van der Waals surface area contributed by atoms with Crippen LogP contribution >= 0.6 is 0 Å². The summed E-state index contributed by atoms with van der Waals surface area (Å²) in [6.45, 7) is 5.86. The van der Waals surface area contributed by atoms with Crippen LogP contribution in [0.15, 0.2) is 0 Å². The number of rotatable bonds is 5. The van der Waals surface area contributed by atoms with Gasteiger partial charge in [-0.3, -0.25) is 0 Å². The lowest BCUT2D eigenvalue weighted by Gasteiger charge is -2.40. The van der Waals surface area contributed by atoms with Crippen LogP contribution in [0.2, 0.25) is 0 Å². The molecule has 102 valence electrons. The number of hydrogen-bond acceptors (Lipinski definition) is 4. The fourth-order valence-corrected chi connectivity index (χ4v) is 3.44. The predicted molar refractivity (Wildman–Crippen MR) is 66.8 cm³/mol. The van der Waals surface area contributed by atoms with Crippen LogP contribution < -0.4 is 5.73 Å². The number of nitrogens with two attached hydrogens (primary N) is 1. The fraction of sp³-hybridized carbons (Fsp3) is 1.00. The van der Waals surface area contributed by atoms with Gasteiger partial charge in [0.05, 0.1) is 13.2 Å². The third-order valence-electron chi connectivity index (χ3n) is 3.60. The molecule has 6 nitrogen and oxygen atoms in total. The maximum absolute atomic E-state index is 12.4. The number of ether oxygens (including phenoxy) is 1. The van der Waals surface area contributed by atoms with Gasteiger partial charge in [0.2, 0.25) is 0 Å². The minimum Gasteiger partial charge on any atom is -0.379 e. The Morgan fingerprint density at radius 3 is 2.35 bits per heavy atom. The van der Waals surface area contributed by atoms with Crippen molar-refractivity contribution in [3.05, 3.63) is 0 Å². The van der Waals surface area contributed by atoms with E-state index in [0.29, 0.717) is 39.3 Å². The van der Waals surface area contributed by atoms with Crippen molar-refractivity contribution in [2.24, 2.45) is 5.73 Å². The first-order valence-electron chi connectivity index (χ1n) is 5.90. The molecule has 0 aromatic heterocycles. The van der Waals surface area contributed by atoms with E-state index in [1.807, 2.05) is 13.8 Å². The third-order valence-corrected chi connectivity index (χ3v) is 5.75. The summed E-state index contributed by atoms with van der Waals surface area (Å²) >= 11 is 0. The summed E-state index contributed by atoms with van der Waals surface area (Å²) in [7, 11) is -1.84. The molecule has 0 aliphatic carbocycles. The molecule has 0 amide bonds. The van der Waals surface area contributed by atoms with E-state index in [1.54, 1.807) is 7.05 Å². The zero-order chi connectivity index (χ0) is 13.1. The van der Waals surface area contributed by atoms with Crippen LogP contribution in [0.4, 0.5) is 0 Å². The van der Waals surface area contributed by atoms with E-state index in [0.717, 1.165) is 0 Å². The monoisotopic (exact) mass is 265 g/mol. The molecule has 0 radical (unpaired) electrons. The minimum atomic E-state index is -3.44. The average Bonchev–Trinajstić information content (AvgIpc) is 2.38. The molecule has 1 aliphatic rings. The zero-order valence-electron chi connectivity index (χ0n) is 10.8. The Hall–Kier alpha value is -0.210. The van der Waals surface area contributed by atoms with E-state index in [4.69, 9.17) is 10.5 Å². The summed E-state index contributed by atoms with van der Waals surface area (Å²) < 4.78 is 32.8. The Balaban J connectivity index is 2.88. The van der Waals surface area contributed by atoms with Gasteiger partial charge in [0, 0.05) is 32.2 Å². The van der Waals surface area contributed by atoms with Gasteiger partial charge in [-0.05, 0) is 13.3 Å². The molecule has 1 aliphatic heterocycles. The summed E-state index contributed by atoms with van der Waals surface area (Å²) in [6.07, 6.45) is 0.684. The molecule has 2 N–H and O–H groups in total. The SMILES string of the molecule is CCC(C)(CN)N(C)S(=O)(=O)N1CCOCC1.